The molecule has 1 heterocycles. The van der Waals surface area contributed by atoms with Crippen LogP contribution in [0, 0.1) is 11.8 Å². The highest BCUT2D eigenvalue weighted by molar-refractivity contribution is 7.12. The molecule has 0 aromatic carbocycles. The van der Waals surface area contributed by atoms with Crippen LogP contribution in [0.5, 0.6) is 0 Å². The molecular weight excluding hydrogens is 196 g/mol. The topological polar surface area (TPSA) is 26.3 Å². The molecule has 3 heteroatoms. The van der Waals surface area contributed by atoms with Gasteiger partial charge in [-0.15, -0.1) is 11.3 Å². The fraction of sp³-hybridized carbons (Fsp3) is 0.364. The van der Waals surface area contributed by atoms with Crippen molar-refractivity contribution >= 4 is 17.3 Å². The molecule has 74 valence electrons. The summed E-state index contributed by atoms with van der Waals surface area (Å²) in [7, 11) is 1.38. The van der Waals surface area contributed by atoms with Gasteiger partial charge < -0.3 is 4.74 Å². The van der Waals surface area contributed by atoms with E-state index in [2.05, 4.69) is 23.5 Å². The van der Waals surface area contributed by atoms with Crippen molar-refractivity contribution in [2.75, 3.05) is 7.11 Å². The highest BCUT2D eigenvalue weighted by atomic mass is 32.1. The molecule has 0 radical (unpaired) electrons. The van der Waals surface area contributed by atoms with E-state index in [4.69, 9.17) is 0 Å². The van der Waals surface area contributed by atoms with Gasteiger partial charge in [0.1, 0.15) is 4.88 Å². The molecule has 0 aliphatic heterocycles. The van der Waals surface area contributed by atoms with Crippen molar-refractivity contribution in [2.24, 2.45) is 0 Å². The maximum atomic E-state index is 11.2. The summed E-state index contributed by atoms with van der Waals surface area (Å²) in [5.74, 6) is 5.67. The van der Waals surface area contributed by atoms with Crippen molar-refractivity contribution in [2.45, 2.75) is 19.8 Å². The Labute approximate surface area is 87.9 Å². The maximum absolute atomic E-state index is 11.2. The highest BCUT2D eigenvalue weighted by Gasteiger charge is 2.11. The third-order valence-electron chi connectivity index (χ3n) is 1.63. The van der Waals surface area contributed by atoms with Crippen LogP contribution in [0.4, 0.5) is 0 Å². The second-order valence-electron chi connectivity index (χ2n) is 2.71. The first kappa shape index (κ1) is 10.8. The Balaban J connectivity index is 2.84. The van der Waals surface area contributed by atoms with E-state index in [0.717, 1.165) is 18.4 Å². The van der Waals surface area contributed by atoms with Crippen LogP contribution in [-0.4, -0.2) is 13.1 Å². The Morgan fingerprint density at radius 2 is 2.43 bits per heavy atom. The lowest BCUT2D eigenvalue weighted by Gasteiger charge is -1.94. The van der Waals surface area contributed by atoms with Crippen molar-refractivity contribution in [3.05, 3.63) is 21.9 Å². The van der Waals surface area contributed by atoms with Crippen LogP contribution in [0.25, 0.3) is 0 Å². The molecule has 0 aliphatic rings. The molecule has 0 amide bonds. The molecular formula is C11H12O2S. The monoisotopic (exact) mass is 208 g/mol. The van der Waals surface area contributed by atoms with Crippen LogP contribution in [0.2, 0.25) is 0 Å². The number of carbonyl (C=O) groups excluding carboxylic acids is 1. The summed E-state index contributed by atoms with van der Waals surface area (Å²) in [5, 5.41) is 1.85. The average Bonchev–Trinajstić information content (AvgIpc) is 2.65. The maximum Gasteiger partial charge on any atom is 0.349 e. The standard InChI is InChI=1S/C11H12O2S/c1-3-4-5-6-9-7-8-14-10(9)11(12)13-2/h7-8H,3-4H2,1-2H3. The van der Waals surface area contributed by atoms with Crippen LogP contribution in [-0.2, 0) is 4.74 Å². The molecule has 0 bridgehead atoms. The smallest absolute Gasteiger partial charge is 0.349 e. The van der Waals surface area contributed by atoms with E-state index in [1.54, 1.807) is 0 Å². The van der Waals surface area contributed by atoms with Crippen molar-refractivity contribution in [1.82, 2.24) is 0 Å². The van der Waals surface area contributed by atoms with E-state index in [9.17, 15) is 4.79 Å². The van der Waals surface area contributed by atoms with Gasteiger partial charge in [-0.05, 0) is 17.9 Å². The van der Waals surface area contributed by atoms with Gasteiger partial charge in [-0.3, -0.25) is 0 Å². The largest absolute Gasteiger partial charge is 0.465 e. The lowest BCUT2D eigenvalue weighted by atomic mass is 10.2. The summed E-state index contributed by atoms with van der Waals surface area (Å²) in [6.45, 7) is 2.07. The van der Waals surface area contributed by atoms with E-state index >= 15 is 0 Å². The predicted molar refractivity (Wildman–Crippen MR) is 57.4 cm³/mol. The quantitative estimate of drug-likeness (QED) is 0.551. The van der Waals surface area contributed by atoms with Crippen molar-refractivity contribution in [3.63, 3.8) is 0 Å². The molecule has 1 aromatic heterocycles. The van der Waals surface area contributed by atoms with Crippen molar-refractivity contribution in [3.8, 4) is 11.8 Å². The minimum Gasteiger partial charge on any atom is -0.465 e. The Bertz CT molecular complexity index is 368. The zero-order valence-corrected chi connectivity index (χ0v) is 9.11. The molecule has 0 spiro atoms. The second kappa shape index (κ2) is 5.46. The fourth-order valence-electron chi connectivity index (χ4n) is 0.941. The fourth-order valence-corrected chi connectivity index (χ4v) is 1.71. The Kier molecular flexibility index (Phi) is 4.21. The molecule has 0 saturated heterocycles. The third kappa shape index (κ3) is 2.61. The van der Waals surface area contributed by atoms with Crippen LogP contribution in [0.15, 0.2) is 11.4 Å². The molecule has 2 nitrogen and oxygen atoms in total. The SMILES string of the molecule is CCCC#Cc1ccsc1C(=O)OC. The van der Waals surface area contributed by atoms with E-state index in [1.165, 1.54) is 18.4 Å². The number of hydrogen-bond donors (Lipinski definition) is 0. The zero-order chi connectivity index (χ0) is 10.4. The summed E-state index contributed by atoms with van der Waals surface area (Å²) in [5.41, 5.74) is 0.773. The van der Waals surface area contributed by atoms with Gasteiger partial charge in [-0.2, -0.15) is 0 Å². The molecule has 0 aliphatic carbocycles. The first-order chi connectivity index (χ1) is 6.79. The minimum absolute atomic E-state index is 0.305. The number of methoxy groups -OCH3 is 1. The van der Waals surface area contributed by atoms with Crippen LogP contribution in [0.3, 0.4) is 0 Å². The van der Waals surface area contributed by atoms with Gasteiger partial charge in [0.25, 0.3) is 0 Å². The lowest BCUT2D eigenvalue weighted by Crippen LogP contribution is -1.99. The third-order valence-corrected chi connectivity index (χ3v) is 2.53. The summed E-state index contributed by atoms with van der Waals surface area (Å²) in [6.07, 6.45) is 1.89. The van der Waals surface area contributed by atoms with Gasteiger partial charge in [-0.1, -0.05) is 18.8 Å². The predicted octanol–water partition coefficient (Wildman–Crippen LogP) is 2.69. The van der Waals surface area contributed by atoms with Gasteiger partial charge in [0.05, 0.1) is 7.11 Å². The molecule has 14 heavy (non-hydrogen) atoms. The molecule has 0 saturated carbocycles. The van der Waals surface area contributed by atoms with Crippen LogP contribution < -0.4 is 0 Å². The number of unbranched alkanes of at least 4 members (excludes halogenated alkanes) is 1. The van der Waals surface area contributed by atoms with Gasteiger partial charge in [0, 0.05) is 12.0 Å². The summed E-state index contributed by atoms with van der Waals surface area (Å²) in [6, 6.07) is 1.85. The molecule has 1 aromatic rings. The normalized spacial score (nSPS) is 9.00. The Morgan fingerprint density at radius 3 is 3.07 bits per heavy atom. The molecule has 0 N–H and O–H groups in total. The van der Waals surface area contributed by atoms with Gasteiger partial charge in [0.2, 0.25) is 0 Å². The number of thiophene rings is 1. The van der Waals surface area contributed by atoms with Crippen LogP contribution in [0.1, 0.15) is 35.0 Å². The number of ether oxygens (including phenoxy) is 1. The Hall–Kier alpha value is -1.27. The summed E-state index contributed by atoms with van der Waals surface area (Å²) >= 11 is 1.36. The number of carbonyl (C=O) groups is 1. The summed E-state index contributed by atoms with van der Waals surface area (Å²) in [4.78, 5) is 11.8. The average molecular weight is 208 g/mol. The number of esters is 1. The first-order valence-electron chi connectivity index (χ1n) is 4.44. The van der Waals surface area contributed by atoms with E-state index in [0.29, 0.717) is 4.88 Å². The zero-order valence-electron chi connectivity index (χ0n) is 8.29. The van der Waals surface area contributed by atoms with Gasteiger partial charge in [0.15, 0.2) is 0 Å². The molecule has 0 atom stereocenters. The Morgan fingerprint density at radius 1 is 1.64 bits per heavy atom. The van der Waals surface area contributed by atoms with Gasteiger partial charge >= 0.3 is 5.97 Å². The number of hydrogen-bond acceptors (Lipinski definition) is 3. The van der Waals surface area contributed by atoms with Crippen LogP contribution >= 0.6 is 11.3 Å². The minimum atomic E-state index is -0.305. The number of rotatable bonds is 2. The summed E-state index contributed by atoms with van der Waals surface area (Å²) < 4.78 is 4.65. The highest BCUT2D eigenvalue weighted by Crippen LogP contribution is 2.16. The van der Waals surface area contributed by atoms with E-state index in [1.807, 2.05) is 11.4 Å². The second-order valence-corrected chi connectivity index (χ2v) is 3.62. The van der Waals surface area contributed by atoms with Crippen molar-refractivity contribution < 1.29 is 9.53 Å². The first-order valence-corrected chi connectivity index (χ1v) is 5.32. The molecule has 0 unspecified atom stereocenters. The van der Waals surface area contributed by atoms with Gasteiger partial charge in [-0.25, -0.2) is 4.79 Å². The van der Waals surface area contributed by atoms with E-state index < -0.39 is 0 Å². The van der Waals surface area contributed by atoms with E-state index in [-0.39, 0.29) is 5.97 Å². The lowest BCUT2D eigenvalue weighted by molar-refractivity contribution is 0.0606. The molecule has 1 rings (SSSR count). The molecule has 0 fully saturated rings. The van der Waals surface area contributed by atoms with Crippen molar-refractivity contribution in [1.29, 1.82) is 0 Å².